The van der Waals surface area contributed by atoms with Gasteiger partial charge in [-0.1, -0.05) is 16.8 Å². The normalized spacial score (nSPS) is 19.5. The zero-order chi connectivity index (χ0) is 18.1. The molecule has 1 aromatic heterocycles. The summed E-state index contributed by atoms with van der Waals surface area (Å²) in [6.45, 7) is 3.95. The predicted octanol–water partition coefficient (Wildman–Crippen LogP) is 3.18. The third-order valence-electron chi connectivity index (χ3n) is 4.60. The van der Waals surface area contributed by atoms with Gasteiger partial charge in [0.25, 0.3) is 0 Å². The molecule has 0 spiro atoms. The summed E-state index contributed by atoms with van der Waals surface area (Å²) in [5.74, 6) is 1.84. The number of fused-ring (bicyclic) bond motifs is 1. The van der Waals surface area contributed by atoms with Gasteiger partial charge in [-0.3, -0.25) is 9.69 Å². The SMILES string of the molecule is Cc1cc([C@@H]2CCCN2CC(=O)Nc2cc3c(cc2Cl)OCCO3)no1. The fourth-order valence-electron chi connectivity index (χ4n) is 3.43. The van der Waals surface area contributed by atoms with Crippen molar-refractivity contribution in [3.8, 4) is 11.5 Å². The van der Waals surface area contributed by atoms with Gasteiger partial charge in [-0.15, -0.1) is 0 Å². The predicted molar refractivity (Wildman–Crippen MR) is 95.9 cm³/mol. The van der Waals surface area contributed by atoms with E-state index >= 15 is 0 Å². The Balaban J connectivity index is 1.44. The van der Waals surface area contributed by atoms with Crippen LogP contribution >= 0.6 is 11.6 Å². The first-order chi connectivity index (χ1) is 12.6. The zero-order valence-electron chi connectivity index (χ0n) is 14.5. The van der Waals surface area contributed by atoms with Gasteiger partial charge in [0.15, 0.2) is 11.5 Å². The van der Waals surface area contributed by atoms with Gasteiger partial charge < -0.3 is 19.3 Å². The first-order valence-corrected chi connectivity index (χ1v) is 9.04. The number of carbonyl (C=O) groups excluding carboxylic acids is 1. The van der Waals surface area contributed by atoms with Gasteiger partial charge in [0.2, 0.25) is 5.91 Å². The van der Waals surface area contributed by atoms with Crippen LogP contribution in [0.2, 0.25) is 5.02 Å². The number of likely N-dealkylation sites (tertiary alicyclic amines) is 1. The Kier molecular flexibility index (Phi) is 4.74. The van der Waals surface area contributed by atoms with Crippen molar-refractivity contribution in [2.24, 2.45) is 0 Å². The molecule has 1 aromatic carbocycles. The monoisotopic (exact) mass is 377 g/mol. The summed E-state index contributed by atoms with van der Waals surface area (Å²) in [6, 6.07) is 5.41. The van der Waals surface area contributed by atoms with Gasteiger partial charge in [-0.25, -0.2) is 0 Å². The average Bonchev–Trinajstić information content (AvgIpc) is 3.24. The van der Waals surface area contributed by atoms with Gasteiger partial charge in [0, 0.05) is 18.2 Å². The molecule has 0 radical (unpaired) electrons. The largest absolute Gasteiger partial charge is 0.486 e. The zero-order valence-corrected chi connectivity index (χ0v) is 15.2. The fraction of sp³-hybridized carbons (Fsp3) is 0.444. The Labute approximate surface area is 156 Å². The Morgan fingerprint density at radius 2 is 2.08 bits per heavy atom. The molecule has 1 N–H and O–H groups in total. The first-order valence-electron chi connectivity index (χ1n) is 8.66. The number of aromatic nitrogens is 1. The van der Waals surface area contributed by atoms with Gasteiger partial charge in [0.05, 0.1) is 23.3 Å². The fourth-order valence-corrected chi connectivity index (χ4v) is 3.63. The van der Waals surface area contributed by atoms with Crippen LogP contribution < -0.4 is 14.8 Å². The van der Waals surface area contributed by atoms with Crippen LogP contribution in [0.1, 0.15) is 30.3 Å². The van der Waals surface area contributed by atoms with Crippen molar-refractivity contribution in [1.82, 2.24) is 10.1 Å². The van der Waals surface area contributed by atoms with E-state index in [9.17, 15) is 4.79 Å². The molecule has 8 heteroatoms. The molecule has 2 aliphatic heterocycles. The van der Waals surface area contributed by atoms with Gasteiger partial charge >= 0.3 is 0 Å². The third kappa shape index (κ3) is 3.50. The summed E-state index contributed by atoms with van der Waals surface area (Å²) in [4.78, 5) is 14.7. The number of aryl methyl sites for hydroxylation is 1. The van der Waals surface area contributed by atoms with E-state index in [1.54, 1.807) is 12.1 Å². The maximum Gasteiger partial charge on any atom is 0.238 e. The van der Waals surface area contributed by atoms with Crippen molar-refractivity contribution in [2.45, 2.75) is 25.8 Å². The molecular formula is C18H20ClN3O4. The summed E-state index contributed by atoms with van der Waals surface area (Å²) in [6.07, 6.45) is 1.98. The number of ether oxygens (including phenoxy) is 2. The summed E-state index contributed by atoms with van der Waals surface area (Å²) in [5.41, 5.74) is 1.40. The molecule has 0 bridgehead atoms. The molecule has 7 nitrogen and oxygen atoms in total. The van der Waals surface area contributed by atoms with E-state index in [4.69, 9.17) is 25.6 Å². The molecule has 4 rings (SSSR count). The number of hydrogen-bond donors (Lipinski definition) is 1. The minimum absolute atomic E-state index is 0.105. The smallest absolute Gasteiger partial charge is 0.238 e. The highest BCUT2D eigenvalue weighted by molar-refractivity contribution is 6.34. The Bertz CT molecular complexity index is 823. The van der Waals surface area contributed by atoms with Crippen molar-refractivity contribution in [3.63, 3.8) is 0 Å². The first kappa shape index (κ1) is 17.2. The van der Waals surface area contributed by atoms with Gasteiger partial charge in [-0.2, -0.15) is 0 Å². The molecule has 138 valence electrons. The van der Waals surface area contributed by atoms with Crippen LogP contribution in [-0.2, 0) is 4.79 Å². The number of anilines is 1. The van der Waals surface area contributed by atoms with Gasteiger partial charge in [-0.05, 0) is 26.3 Å². The molecule has 0 aliphatic carbocycles. The minimum atomic E-state index is -0.129. The number of nitrogens with one attached hydrogen (secondary N) is 1. The summed E-state index contributed by atoms with van der Waals surface area (Å²) in [7, 11) is 0. The highest BCUT2D eigenvalue weighted by Gasteiger charge is 2.30. The molecule has 3 heterocycles. The lowest BCUT2D eigenvalue weighted by atomic mass is 10.1. The van der Waals surface area contributed by atoms with E-state index in [2.05, 4.69) is 15.4 Å². The van der Waals surface area contributed by atoms with Crippen molar-refractivity contribution < 1.29 is 18.8 Å². The van der Waals surface area contributed by atoms with Crippen molar-refractivity contribution in [1.29, 1.82) is 0 Å². The van der Waals surface area contributed by atoms with Crippen molar-refractivity contribution in [3.05, 3.63) is 34.7 Å². The topological polar surface area (TPSA) is 76.8 Å². The van der Waals surface area contributed by atoms with E-state index < -0.39 is 0 Å². The molecule has 1 saturated heterocycles. The second-order valence-corrected chi connectivity index (χ2v) is 6.92. The highest BCUT2D eigenvalue weighted by atomic mass is 35.5. The minimum Gasteiger partial charge on any atom is -0.486 e. The lowest BCUT2D eigenvalue weighted by Gasteiger charge is -2.23. The number of benzene rings is 1. The molecule has 0 saturated carbocycles. The quantitative estimate of drug-likeness (QED) is 0.881. The second-order valence-electron chi connectivity index (χ2n) is 6.51. The standard InChI is InChI=1S/C18H20ClN3O4/c1-11-7-14(21-26-11)15-3-2-4-22(15)10-18(23)20-13-9-17-16(8-12(13)19)24-5-6-25-17/h7-9,15H,2-6,10H2,1H3,(H,20,23)/t15-/m0/s1. The number of rotatable bonds is 4. The molecule has 2 aliphatic rings. The van der Waals surface area contributed by atoms with E-state index in [0.29, 0.717) is 35.4 Å². The van der Waals surface area contributed by atoms with E-state index in [0.717, 1.165) is 30.8 Å². The Hall–Kier alpha value is -2.25. The highest BCUT2D eigenvalue weighted by Crippen LogP contribution is 2.38. The molecular weight excluding hydrogens is 358 g/mol. The summed E-state index contributed by atoms with van der Waals surface area (Å²) < 4.78 is 16.2. The molecule has 1 atom stereocenters. The van der Waals surface area contributed by atoms with Crippen LogP contribution in [0, 0.1) is 6.92 Å². The lowest BCUT2D eigenvalue weighted by Crippen LogP contribution is -2.33. The molecule has 0 unspecified atom stereocenters. The van der Waals surface area contributed by atoms with Crippen LogP contribution in [0.15, 0.2) is 22.7 Å². The van der Waals surface area contributed by atoms with Gasteiger partial charge in [0.1, 0.15) is 24.7 Å². The van der Waals surface area contributed by atoms with E-state index in [1.165, 1.54) is 0 Å². The molecule has 26 heavy (non-hydrogen) atoms. The van der Waals surface area contributed by atoms with Crippen LogP contribution in [0.25, 0.3) is 0 Å². The summed E-state index contributed by atoms with van der Waals surface area (Å²) in [5, 5.41) is 7.40. The maximum absolute atomic E-state index is 12.5. The second kappa shape index (κ2) is 7.17. The van der Waals surface area contributed by atoms with Crippen LogP contribution in [0.4, 0.5) is 5.69 Å². The molecule has 2 aromatic rings. The number of amides is 1. The van der Waals surface area contributed by atoms with Crippen LogP contribution in [0.3, 0.4) is 0 Å². The van der Waals surface area contributed by atoms with Crippen LogP contribution in [-0.4, -0.2) is 42.3 Å². The molecule has 1 fully saturated rings. The maximum atomic E-state index is 12.5. The van der Waals surface area contributed by atoms with Crippen LogP contribution in [0.5, 0.6) is 11.5 Å². The third-order valence-corrected chi connectivity index (χ3v) is 4.92. The van der Waals surface area contributed by atoms with E-state index in [1.807, 2.05) is 13.0 Å². The average molecular weight is 378 g/mol. The van der Waals surface area contributed by atoms with Crippen molar-refractivity contribution in [2.75, 3.05) is 31.6 Å². The Morgan fingerprint density at radius 3 is 2.81 bits per heavy atom. The number of halogens is 1. The van der Waals surface area contributed by atoms with Crippen molar-refractivity contribution >= 4 is 23.2 Å². The number of hydrogen-bond acceptors (Lipinski definition) is 6. The summed E-state index contributed by atoms with van der Waals surface area (Å²) >= 11 is 6.26. The molecule has 1 amide bonds. The number of carbonyl (C=O) groups is 1. The number of nitrogens with zero attached hydrogens (tertiary/aromatic N) is 2. The van der Waals surface area contributed by atoms with E-state index in [-0.39, 0.29) is 18.5 Å². The lowest BCUT2D eigenvalue weighted by molar-refractivity contribution is -0.117. The Morgan fingerprint density at radius 1 is 1.31 bits per heavy atom.